The van der Waals surface area contributed by atoms with Gasteiger partial charge in [0.05, 0.1) is 6.54 Å². The molecule has 0 bridgehead atoms. The molecule has 0 unspecified atom stereocenters. The first-order valence-corrected chi connectivity index (χ1v) is 5.78. The van der Waals surface area contributed by atoms with Crippen LogP contribution in [0.5, 0.6) is 0 Å². The van der Waals surface area contributed by atoms with Crippen molar-refractivity contribution in [2.45, 2.75) is 32.7 Å². The number of carbonyl (C=O) groups is 1. The highest BCUT2D eigenvalue weighted by Crippen LogP contribution is 2.08. The van der Waals surface area contributed by atoms with Crippen LogP contribution in [0.3, 0.4) is 0 Å². The van der Waals surface area contributed by atoms with Crippen LogP contribution >= 0.6 is 0 Å². The Hall–Kier alpha value is -0.610. The Morgan fingerprint density at radius 3 is 2.53 bits per heavy atom. The zero-order valence-electron chi connectivity index (χ0n) is 9.78. The third kappa shape index (κ3) is 3.80. The molecular formula is C11H22N2O2. The lowest BCUT2D eigenvalue weighted by Crippen LogP contribution is -2.48. The number of hydrogen-bond donors (Lipinski definition) is 1. The van der Waals surface area contributed by atoms with Crippen LogP contribution in [0, 0.1) is 0 Å². The van der Waals surface area contributed by atoms with E-state index in [9.17, 15) is 4.79 Å². The Kier molecular flexibility index (Phi) is 5.05. The van der Waals surface area contributed by atoms with Gasteiger partial charge < -0.3 is 10.0 Å². The zero-order chi connectivity index (χ0) is 11.3. The summed E-state index contributed by atoms with van der Waals surface area (Å²) in [4.78, 5) is 15.7. The minimum atomic E-state index is 0.196. The van der Waals surface area contributed by atoms with Gasteiger partial charge in [0.1, 0.15) is 0 Å². The number of aliphatic hydroxyl groups is 1. The lowest BCUT2D eigenvalue weighted by molar-refractivity contribution is -0.136. The van der Waals surface area contributed by atoms with E-state index < -0.39 is 0 Å². The molecule has 4 heteroatoms. The largest absolute Gasteiger partial charge is 0.396 e. The Balaban J connectivity index is 2.32. The van der Waals surface area contributed by atoms with Crippen molar-refractivity contribution in [1.82, 2.24) is 9.80 Å². The molecule has 0 radical (unpaired) electrons. The molecule has 15 heavy (non-hydrogen) atoms. The van der Waals surface area contributed by atoms with E-state index in [-0.39, 0.29) is 12.5 Å². The Labute approximate surface area is 91.9 Å². The fraction of sp³-hybridized carbons (Fsp3) is 0.909. The molecule has 0 aromatic heterocycles. The molecule has 0 spiro atoms. The molecule has 1 heterocycles. The second-order valence-electron chi connectivity index (χ2n) is 4.38. The van der Waals surface area contributed by atoms with Crippen LogP contribution in [-0.4, -0.2) is 59.6 Å². The zero-order valence-corrected chi connectivity index (χ0v) is 9.78. The molecule has 1 saturated heterocycles. The van der Waals surface area contributed by atoms with Crippen LogP contribution in [0.1, 0.15) is 26.7 Å². The summed E-state index contributed by atoms with van der Waals surface area (Å²) in [5.41, 5.74) is 0. The maximum absolute atomic E-state index is 11.7. The van der Waals surface area contributed by atoms with Gasteiger partial charge in [-0.15, -0.1) is 0 Å². The van der Waals surface area contributed by atoms with Gasteiger partial charge in [-0.1, -0.05) is 0 Å². The molecule has 0 saturated carbocycles. The number of carbonyl (C=O) groups excluding carboxylic acids is 1. The van der Waals surface area contributed by atoms with Crippen molar-refractivity contribution >= 4 is 5.91 Å². The Bertz CT molecular complexity index is 203. The average molecular weight is 214 g/mol. The average Bonchev–Trinajstić information content (AvgIpc) is 2.08. The number of nitrogens with zero attached hydrogens (tertiary/aromatic N) is 2. The van der Waals surface area contributed by atoms with Crippen molar-refractivity contribution in [3.63, 3.8) is 0 Å². The highest BCUT2D eigenvalue weighted by Gasteiger charge is 2.22. The summed E-state index contributed by atoms with van der Waals surface area (Å²) in [6.45, 7) is 7.50. The smallest absolute Gasteiger partial charge is 0.236 e. The van der Waals surface area contributed by atoms with Crippen LogP contribution in [-0.2, 0) is 4.79 Å². The topological polar surface area (TPSA) is 43.8 Å². The summed E-state index contributed by atoms with van der Waals surface area (Å²) in [7, 11) is 0. The number of likely N-dealkylation sites (tertiary alicyclic amines) is 1. The van der Waals surface area contributed by atoms with Gasteiger partial charge in [0.2, 0.25) is 5.91 Å². The fourth-order valence-corrected chi connectivity index (χ4v) is 1.63. The van der Waals surface area contributed by atoms with E-state index in [1.165, 1.54) is 0 Å². The molecule has 0 atom stereocenters. The SMILES string of the molecule is CC(C)N(CCCO)CC(=O)N1CCC1. The molecule has 0 aromatic carbocycles. The lowest BCUT2D eigenvalue weighted by Gasteiger charge is -2.34. The highest BCUT2D eigenvalue weighted by molar-refractivity contribution is 5.78. The van der Waals surface area contributed by atoms with Gasteiger partial charge in [-0.05, 0) is 26.7 Å². The van der Waals surface area contributed by atoms with Crippen LogP contribution in [0.4, 0.5) is 0 Å². The number of rotatable bonds is 6. The van der Waals surface area contributed by atoms with Crippen molar-refractivity contribution < 1.29 is 9.90 Å². The van der Waals surface area contributed by atoms with Gasteiger partial charge in [0.15, 0.2) is 0 Å². The predicted molar refractivity (Wildman–Crippen MR) is 59.6 cm³/mol. The van der Waals surface area contributed by atoms with Gasteiger partial charge in [0.25, 0.3) is 0 Å². The van der Waals surface area contributed by atoms with Gasteiger partial charge in [-0.2, -0.15) is 0 Å². The predicted octanol–water partition coefficient (Wildman–Crippen LogP) is 0.311. The summed E-state index contributed by atoms with van der Waals surface area (Å²) in [5, 5.41) is 8.78. The first kappa shape index (κ1) is 12.5. The fourth-order valence-electron chi connectivity index (χ4n) is 1.63. The Morgan fingerprint density at radius 2 is 2.13 bits per heavy atom. The minimum Gasteiger partial charge on any atom is -0.396 e. The lowest BCUT2D eigenvalue weighted by atomic mass is 10.2. The summed E-state index contributed by atoms with van der Waals surface area (Å²) < 4.78 is 0. The normalized spacial score (nSPS) is 15.9. The first-order valence-electron chi connectivity index (χ1n) is 5.78. The maximum Gasteiger partial charge on any atom is 0.236 e. The van der Waals surface area contributed by atoms with Crippen molar-refractivity contribution in [3.8, 4) is 0 Å². The van der Waals surface area contributed by atoms with Gasteiger partial charge >= 0.3 is 0 Å². The third-order valence-corrected chi connectivity index (χ3v) is 2.88. The maximum atomic E-state index is 11.7. The van der Waals surface area contributed by atoms with Gasteiger partial charge in [-0.3, -0.25) is 9.69 Å². The van der Waals surface area contributed by atoms with Crippen molar-refractivity contribution in [2.24, 2.45) is 0 Å². The molecule has 88 valence electrons. The van der Waals surface area contributed by atoms with E-state index in [2.05, 4.69) is 18.7 Å². The van der Waals surface area contributed by atoms with Gasteiger partial charge in [0, 0.05) is 32.3 Å². The van der Waals surface area contributed by atoms with Crippen molar-refractivity contribution in [3.05, 3.63) is 0 Å². The molecular weight excluding hydrogens is 192 g/mol. The standard InChI is InChI=1S/C11H22N2O2/c1-10(2)13(7-4-8-14)9-11(15)12-5-3-6-12/h10,14H,3-9H2,1-2H3. The number of hydrogen-bond acceptors (Lipinski definition) is 3. The molecule has 1 aliphatic rings. The second-order valence-corrected chi connectivity index (χ2v) is 4.38. The monoisotopic (exact) mass is 214 g/mol. The summed E-state index contributed by atoms with van der Waals surface area (Å²) in [6, 6.07) is 0.363. The van der Waals surface area contributed by atoms with E-state index in [1.807, 2.05) is 4.90 Å². The number of aliphatic hydroxyl groups excluding tert-OH is 1. The first-order chi connectivity index (χ1) is 7.15. The van der Waals surface area contributed by atoms with Crippen molar-refractivity contribution in [1.29, 1.82) is 0 Å². The minimum absolute atomic E-state index is 0.196. The second kappa shape index (κ2) is 6.08. The summed E-state index contributed by atoms with van der Waals surface area (Å²) in [6.07, 6.45) is 1.88. The quantitative estimate of drug-likeness (QED) is 0.692. The Morgan fingerprint density at radius 1 is 1.47 bits per heavy atom. The number of amides is 1. The molecule has 4 nitrogen and oxygen atoms in total. The van der Waals surface area contributed by atoms with E-state index in [0.29, 0.717) is 12.6 Å². The van der Waals surface area contributed by atoms with E-state index in [1.54, 1.807) is 0 Å². The molecule has 1 N–H and O–H groups in total. The van der Waals surface area contributed by atoms with Crippen LogP contribution in [0.25, 0.3) is 0 Å². The van der Waals surface area contributed by atoms with Crippen molar-refractivity contribution in [2.75, 3.05) is 32.8 Å². The van der Waals surface area contributed by atoms with Gasteiger partial charge in [-0.25, -0.2) is 0 Å². The summed E-state index contributed by atoms with van der Waals surface area (Å²) in [5.74, 6) is 0.230. The molecule has 1 aliphatic heterocycles. The van der Waals surface area contributed by atoms with Crippen LogP contribution in [0.2, 0.25) is 0 Å². The third-order valence-electron chi connectivity index (χ3n) is 2.88. The molecule has 1 amide bonds. The molecule has 1 fully saturated rings. The van der Waals surface area contributed by atoms with E-state index in [4.69, 9.17) is 5.11 Å². The highest BCUT2D eigenvalue weighted by atomic mass is 16.3. The van der Waals surface area contributed by atoms with Crippen LogP contribution in [0.15, 0.2) is 0 Å². The molecule has 1 rings (SSSR count). The summed E-state index contributed by atoms with van der Waals surface area (Å²) >= 11 is 0. The molecule has 0 aliphatic carbocycles. The van der Waals surface area contributed by atoms with Crippen LogP contribution < -0.4 is 0 Å². The van der Waals surface area contributed by atoms with E-state index in [0.717, 1.165) is 32.5 Å². The van der Waals surface area contributed by atoms with E-state index >= 15 is 0 Å². The molecule has 0 aromatic rings.